The zero-order chi connectivity index (χ0) is 13.8. The van der Waals surface area contributed by atoms with Crippen LogP contribution >= 0.6 is 23.2 Å². The molecule has 0 aliphatic carbocycles. The summed E-state index contributed by atoms with van der Waals surface area (Å²) in [5.41, 5.74) is 2.12. The number of nitrogens with one attached hydrogen (secondary N) is 2. The SMILES string of the molecule is Cc1ccc(Cl)c(NC(=O)Nc2ccccc2Cl)c1. The maximum atomic E-state index is 11.9. The zero-order valence-corrected chi connectivity index (χ0v) is 11.7. The van der Waals surface area contributed by atoms with Gasteiger partial charge in [0, 0.05) is 0 Å². The fraction of sp³-hybridized carbons (Fsp3) is 0.0714. The average Bonchev–Trinajstić information content (AvgIpc) is 2.37. The smallest absolute Gasteiger partial charge is 0.306 e. The number of carbonyl (C=O) groups is 1. The number of anilines is 2. The summed E-state index contributed by atoms with van der Waals surface area (Å²) >= 11 is 12.0. The minimum atomic E-state index is -0.388. The predicted octanol–water partition coefficient (Wildman–Crippen LogP) is 4.95. The van der Waals surface area contributed by atoms with Crippen molar-refractivity contribution in [2.45, 2.75) is 6.92 Å². The van der Waals surface area contributed by atoms with E-state index in [1.165, 1.54) is 0 Å². The Morgan fingerprint density at radius 3 is 2.32 bits per heavy atom. The number of hydrogen-bond donors (Lipinski definition) is 2. The minimum Gasteiger partial charge on any atom is -0.306 e. The second-order valence-corrected chi connectivity index (χ2v) is 4.86. The van der Waals surface area contributed by atoms with Crippen LogP contribution in [0.5, 0.6) is 0 Å². The molecule has 0 aromatic heterocycles. The van der Waals surface area contributed by atoms with Gasteiger partial charge in [0.15, 0.2) is 0 Å². The Balaban J connectivity index is 2.10. The van der Waals surface area contributed by atoms with Crippen LogP contribution in [-0.4, -0.2) is 6.03 Å². The largest absolute Gasteiger partial charge is 0.323 e. The van der Waals surface area contributed by atoms with Gasteiger partial charge in [-0.1, -0.05) is 41.4 Å². The first-order valence-electron chi connectivity index (χ1n) is 5.65. The van der Waals surface area contributed by atoms with Crippen LogP contribution in [0.25, 0.3) is 0 Å². The molecule has 3 nitrogen and oxygen atoms in total. The lowest BCUT2D eigenvalue weighted by molar-refractivity contribution is 0.262. The molecule has 19 heavy (non-hydrogen) atoms. The second-order valence-electron chi connectivity index (χ2n) is 4.04. The van der Waals surface area contributed by atoms with Crippen LogP contribution in [0.15, 0.2) is 42.5 Å². The number of para-hydroxylation sites is 1. The van der Waals surface area contributed by atoms with Gasteiger partial charge >= 0.3 is 6.03 Å². The van der Waals surface area contributed by atoms with E-state index in [1.807, 2.05) is 13.0 Å². The normalized spacial score (nSPS) is 10.1. The topological polar surface area (TPSA) is 41.1 Å². The third-order valence-corrected chi connectivity index (χ3v) is 3.15. The summed E-state index contributed by atoms with van der Waals surface area (Å²) in [7, 11) is 0. The highest BCUT2D eigenvalue weighted by molar-refractivity contribution is 6.34. The summed E-state index contributed by atoms with van der Waals surface area (Å²) in [6.07, 6.45) is 0. The van der Waals surface area contributed by atoms with Gasteiger partial charge in [-0.25, -0.2) is 4.79 Å². The molecule has 0 bridgehead atoms. The number of carbonyl (C=O) groups excluding carboxylic acids is 1. The van der Waals surface area contributed by atoms with Crippen molar-refractivity contribution in [3.8, 4) is 0 Å². The lowest BCUT2D eigenvalue weighted by atomic mass is 10.2. The van der Waals surface area contributed by atoms with E-state index in [2.05, 4.69) is 10.6 Å². The maximum Gasteiger partial charge on any atom is 0.323 e. The van der Waals surface area contributed by atoms with Crippen LogP contribution in [0.3, 0.4) is 0 Å². The van der Waals surface area contributed by atoms with Gasteiger partial charge in [0.2, 0.25) is 0 Å². The Labute approximate surface area is 121 Å². The molecular formula is C14H12Cl2N2O. The van der Waals surface area contributed by atoms with E-state index in [9.17, 15) is 4.79 Å². The van der Waals surface area contributed by atoms with Crippen LogP contribution in [0.1, 0.15) is 5.56 Å². The highest BCUT2D eigenvalue weighted by Gasteiger charge is 2.07. The molecule has 0 saturated carbocycles. The Morgan fingerprint density at radius 2 is 1.58 bits per heavy atom. The molecular weight excluding hydrogens is 283 g/mol. The molecule has 2 aromatic rings. The molecule has 0 aliphatic heterocycles. The number of benzene rings is 2. The van der Waals surface area contributed by atoms with Gasteiger partial charge in [0.05, 0.1) is 21.4 Å². The highest BCUT2D eigenvalue weighted by Crippen LogP contribution is 2.24. The molecule has 0 aliphatic rings. The Hall–Kier alpha value is -1.71. The van der Waals surface area contributed by atoms with Crippen molar-refractivity contribution in [1.29, 1.82) is 0 Å². The number of rotatable bonds is 2. The number of aryl methyl sites for hydroxylation is 1. The molecule has 98 valence electrons. The Bertz CT molecular complexity index is 614. The summed E-state index contributed by atoms with van der Waals surface area (Å²) in [4.78, 5) is 11.9. The standard InChI is InChI=1S/C14H12Cl2N2O/c1-9-6-7-11(16)13(8-9)18-14(19)17-12-5-3-2-4-10(12)15/h2-8H,1H3,(H2,17,18,19). The van der Waals surface area contributed by atoms with E-state index in [-0.39, 0.29) is 6.03 Å². The number of hydrogen-bond acceptors (Lipinski definition) is 1. The quantitative estimate of drug-likeness (QED) is 0.809. The summed E-state index contributed by atoms with van der Waals surface area (Å²) in [5, 5.41) is 6.32. The van der Waals surface area contributed by atoms with Crippen molar-refractivity contribution in [2.24, 2.45) is 0 Å². The predicted molar refractivity (Wildman–Crippen MR) is 80.3 cm³/mol. The summed E-state index contributed by atoms with van der Waals surface area (Å²) < 4.78 is 0. The fourth-order valence-electron chi connectivity index (χ4n) is 1.57. The lowest BCUT2D eigenvalue weighted by Crippen LogP contribution is -2.19. The van der Waals surface area contributed by atoms with E-state index in [1.54, 1.807) is 36.4 Å². The summed E-state index contributed by atoms with van der Waals surface area (Å²) in [6, 6.07) is 12.0. The van der Waals surface area contributed by atoms with E-state index < -0.39 is 0 Å². The minimum absolute atomic E-state index is 0.388. The van der Waals surface area contributed by atoms with Crippen molar-refractivity contribution >= 4 is 40.6 Å². The number of amides is 2. The van der Waals surface area contributed by atoms with Crippen molar-refractivity contribution in [3.05, 3.63) is 58.1 Å². The molecule has 0 unspecified atom stereocenters. The monoisotopic (exact) mass is 294 g/mol. The number of halogens is 2. The average molecular weight is 295 g/mol. The van der Waals surface area contributed by atoms with Crippen LogP contribution in [-0.2, 0) is 0 Å². The van der Waals surface area contributed by atoms with Gasteiger partial charge in [0.1, 0.15) is 0 Å². The van der Waals surface area contributed by atoms with Crippen molar-refractivity contribution in [2.75, 3.05) is 10.6 Å². The molecule has 2 rings (SSSR count). The van der Waals surface area contributed by atoms with E-state index in [0.717, 1.165) is 5.56 Å². The molecule has 0 fully saturated rings. The third-order valence-electron chi connectivity index (χ3n) is 2.49. The van der Waals surface area contributed by atoms with E-state index in [0.29, 0.717) is 21.4 Å². The molecule has 2 amide bonds. The molecule has 0 saturated heterocycles. The van der Waals surface area contributed by atoms with Crippen molar-refractivity contribution in [3.63, 3.8) is 0 Å². The van der Waals surface area contributed by atoms with Gasteiger partial charge in [-0.15, -0.1) is 0 Å². The molecule has 2 aromatic carbocycles. The van der Waals surface area contributed by atoms with E-state index >= 15 is 0 Å². The fourth-order valence-corrected chi connectivity index (χ4v) is 1.92. The van der Waals surface area contributed by atoms with Crippen LogP contribution in [0.2, 0.25) is 10.0 Å². The van der Waals surface area contributed by atoms with Gasteiger partial charge in [0.25, 0.3) is 0 Å². The first-order chi connectivity index (χ1) is 9.06. The number of urea groups is 1. The lowest BCUT2D eigenvalue weighted by Gasteiger charge is -2.10. The molecule has 2 N–H and O–H groups in total. The van der Waals surface area contributed by atoms with Gasteiger partial charge in [-0.3, -0.25) is 0 Å². The maximum absolute atomic E-state index is 11.9. The first kappa shape index (κ1) is 13.7. The van der Waals surface area contributed by atoms with Crippen molar-refractivity contribution < 1.29 is 4.79 Å². The second kappa shape index (κ2) is 5.95. The molecule has 0 radical (unpaired) electrons. The highest BCUT2D eigenvalue weighted by atomic mass is 35.5. The van der Waals surface area contributed by atoms with E-state index in [4.69, 9.17) is 23.2 Å². The third kappa shape index (κ3) is 3.63. The summed E-state index contributed by atoms with van der Waals surface area (Å²) in [6.45, 7) is 1.92. The van der Waals surface area contributed by atoms with Crippen LogP contribution in [0.4, 0.5) is 16.2 Å². The van der Waals surface area contributed by atoms with Gasteiger partial charge < -0.3 is 10.6 Å². The molecule has 0 heterocycles. The van der Waals surface area contributed by atoms with Crippen molar-refractivity contribution in [1.82, 2.24) is 0 Å². The zero-order valence-electron chi connectivity index (χ0n) is 10.2. The Morgan fingerprint density at radius 1 is 0.947 bits per heavy atom. The molecule has 0 atom stereocenters. The van der Waals surface area contributed by atoms with Crippen LogP contribution < -0.4 is 10.6 Å². The Kier molecular flexibility index (Phi) is 4.30. The molecule has 0 spiro atoms. The first-order valence-corrected chi connectivity index (χ1v) is 6.40. The summed E-state index contributed by atoms with van der Waals surface area (Å²) in [5.74, 6) is 0. The van der Waals surface area contributed by atoms with Gasteiger partial charge in [-0.05, 0) is 36.8 Å². The molecule has 5 heteroatoms. The van der Waals surface area contributed by atoms with Gasteiger partial charge in [-0.2, -0.15) is 0 Å². The van der Waals surface area contributed by atoms with Crippen LogP contribution in [0, 0.1) is 6.92 Å².